The Hall–Kier alpha value is -2.61. The van der Waals surface area contributed by atoms with Crippen LogP contribution >= 0.6 is 15.9 Å². The number of carbonyl (C=O) groups is 1. The summed E-state index contributed by atoms with van der Waals surface area (Å²) in [5.41, 5.74) is -1.49. The normalized spacial score (nSPS) is 11.4. The number of rotatable bonds is 5. The van der Waals surface area contributed by atoms with Gasteiger partial charge in [0.25, 0.3) is 17.0 Å². The molecule has 0 aliphatic carbocycles. The minimum Gasteiger partial charge on any atom is -0.343 e. The summed E-state index contributed by atoms with van der Waals surface area (Å²) in [5.74, 6) is -0.535. The summed E-state index contributed by atoms with van der Waals surface area (Å²) >= 11 is 3.09. The van der Waals surface area contributed by atoms with Gasteiger partial charge in [0.15, 0.2) is 11.5 Å². The van der Waals surface area contributed by atoms with Crippen molar-refractivity contribution in [1.29, 1.82) is 0 Å². The standard InChI is InChI=1S/C14H20BrN7O5S/c1-19(2)13(24)10-9(18-28(6,26)27)11(20(3)17-10)16-8-7(15)12(23)21(4)22(5)14(8)25/h16,18H,1-6H3. The minimum atomic E-state index is -3.78. The number of anilines is 3. The van der Waals surface area contributed by atoms with Gasteiger partial charge in [-0.15, -0.1) is 0 Å². The smallest absolute Gasteiger partial charge is 0.290 e. The van der Waals surface area contributed by atoms with Crippen LogP contribution in [0, 0.1) is 0 Å². The van der Waals surface area contributed by atoms with Crippen LogP contribution in [0.4, 0.5) is 17.2 Å². The van der Waals surface area contributed by atoms with Crippen LogP contribution in [0.3, 0.4) is 0 Å². The van der Waals surface area contributed by atoms with E-state index in [4.69, 9.17) is 0 Å². The highest BCUT2D eigenvalue weighted by atomic mass is 79.9. The maximum atomic E-state index is 12.6. The summed E-state index contributed by atoms with van der Waals surface area (Å²) in [6, 6.07) is 0. The third kappa shape index (κ3) is 3.96. The zero-order chi connectivity index (χ0) is 21.5. The molecule has 0 atom stereocenters. The van der Waals surface area contributed by atoms with E-state index in [0.717, 1.165) is 15.6 Å². The number of aryl methyl sites for hydroxylation is 1. The Kier molecular flexibility index (Phi) is 5.75. The molecule has 2 N–H and O–H groups in total. The molecule has 0 fully saturated rings. The summed E-state index contributed by atoms with van der Waals surface area (Å²) in [5, 5.41) is 6.79. The van der Waals surface area contributed by atoms with Gasteiger partial charge in [0.05, 0.1) is 6.26 Å². The molecule has 2 aromatic rings. The third-order valence-corrected chi connectivity index (χ3v) is 5.16. The maximum Gasteiger partial charge on any atom is 0.290 e. The molecule has 0 unspecified atom stereocenters. The van der Waals surface area contributed by atoms with Gasteiger partial charge in [0.2, 0.25) is 10.0 Å². The molecule has 2 heterocycles. The lowest BCUT2D eigenvalue weighted by atomic mass is 10.3. The molecule has 28 heavy (non-hydrogen) atoms. The number of amides is 1. The third-order valence-electron chi connectivity index (χ3n) is 3.85. The van der Waals surface area contributed by atoms with Crippen LogP contribution in [-0.2, 0) is 31.2 Å². The lowest BCUT2D eigenvalue weighted by Crippen LogP contribution is -2.37. The van der Waals surface area contributed by atoms with Crippen molar-refractivity contribution in [2.45, 2.75) is 0 Å². The van der Waals surface area contributed by atoms with Gasteiger partial charge in [0, 0.05) is 35.2 Å². The van der Waals surface area contributed by atoms with Crippen LogP contribution in [0.25, 0.3) is 0 Å². The van der Waals surface area contributed by atoms with Gasteiger partial charge in [-0.25, -0.2) is 22.5 Å². The zero-order valence-electron chi connectivity index (χ0n) is 16.1. The van der Waals surface area contributed by atoms with Crippen molar-refractivity contribution >= 4 is 49.1 Å². The van der Waals surface area contributed by atoms with E-state index in [0.29, 0.717) is 0 Å². The van der Waals surface area contributed by atoms with Gasteiger partial charge < -0.3 is 10.2 Å². The Balaban J connectivity index is 2.76. The lowest BCUT2D eigenvalue weighted by molar-refractivity contribution is 0.0822. The minimum absolute atomic E-state index is 0.0154. The molecule has 154 valence electrons. The van der Waals surface area contributed by atoms with Gasteiger partial charge in [-0.1, -0.05) is 0 Å². The fraction of sp³-hybridized carbons (Fsp3) is 0.429. The molecule has 0 aliphatic heterocycles. The van der Waals surface area contributed by atoms with Crippen molar-refractivity contribution in [3.8, 4) is 0 Å². The monoisotopic (exact) mass is 477 g/mol. The summed E-state index contributed by atoms with van der Waals surface area (Å²) < 4.78 is 29.2. The van der Waals surface area contributed by atoms with E-state index in [9.17, 15) is 22.8 Å². The average molecular weight is 478 g/mol. The predicted molar refractivity (Wildman–Crippen MR) is 108 cm³/mol. The molecule has 0 radical (unpaired) electrons. The number of nitrogens with one attached hydrogen (secondary N) is 2. The molecule has 2 rings (SSSR count). The number of sulfonamides is 1. The molecule has 0 aliphatic rings. The Bertz CT molecular complexity index is 1180. The summed E-state index contributed by atoms with van der Waals surface area (Å²) in [4.78, 5) is 38.5. The van der Waals surface area contributed by atoms with E-state index in [1.807, 2.05) is 0 Å². The second kappa shape index (κ2) is 7.43. The van der Waals surface area contributed by atoms with Crippen molar-refractivity contribution in [3.63, 3.8) is 0 Å². The SMILES string of the molecule is CN(C)C(=O)c1nn(C)c(Nc2c(Br)c(=O)n(C)n(C)c2=O)c1NS(C)(=O)=O. The molecule has 12 nitrogen and oxygen atoms in total. The first-order valence-corrected chi connectivity index (χ1v) is 10.4. The first-order valence-electron chi connectivity index (χ1n) is 7.75. The lowest BCUT2D eigenvalue weighted by Gasteiger charge is -2.14. The molecule has 14 heteroatoms. The molecule has 0 aromatic carbocycles. The van der Waals surface area contributed by atoms with Crippen molar-refractivity contribution in [2.75, 3.05) is 30.4 Å². The Morgan fingerprint density at radius 3 is 2.11 bits per heavy atom. The van der Waals surface area contributed by atoms with E-state index in [-0.39, 0.29) is 27.4 Å². The maximum absolute atomic E-state index is 12.6. The van der Waals surface area contributed by atoms with E-state index in [1.165, 1.54) is 44.8 Å². The van der Waals surface area contributed by atoms with Gasteiger partial charge in [-0.2, -0.15) is 5.10 Å². The first kappa shape index (κ1) is 21.7. The molecule has 0 bridgehead atoms. The van der Waals surface area contributed by atoms with Gasteiger partial charge >= 0.3 is 0 Å². The van der Waals surface area contributed by atoms with Crippen molar-refractivity contribution in [1.82, 2.24) is 24.0 Å². The van der Waals surface area contributed by atoms with E-state index in [2.05, 4.69) is 31.1 Å². The highest BCUT2D eigenvalue weighted by Crippen LogP contribution is 2.30. The van der Waals surface area contributed by atoms with Crippen molar-refractivity contribution in [2.24, 2.45) is 21.1 Å². The summed E-state index contributed by atoms with van der Waals surface area (Å²) in [6.45, 7) is 0. The number of hydrogen-bond acceptors (Lipinski definition) is 7. The summed E-state index contributed by atoms with van der Waals surface area (Å²) in [6.07, 6.45) is 0.918. The number of hydrogen-bond donors (Lipinski definition) is 2. The second-order valence-corrected chi connectivity index (χ2v) is 8.78. The second-order valence-electron chi connectivity index (χ2n) is 6.24. The topological polar surface area (TPSA) is 140 Å². The van der Waals surface area contributed by atoms with Crippen molar-refractivity contribution < 1.29 is 13.2 Å². The van der Waals surface area contributed by atoms with Crippen LogP contribution in [0.15, 0.2) is 14.1 Å². The highest BCUT2D eigenvalue weighted by molar-refractivity contribution is 9.10. The van der Waals surface area contributed by atoms with Crippen LogP contribution in [0.1, 0.15) is 10.5 Å². The number of aromatic nitrogens is 4. The molecule has 2 aromatic heterocycles. The zero-order valence-corrected chi connectivity index (χ0v) is 18.5. The largest absolute Gasteiger partial charge is 0.343 e. The Morgan fingerprint density at radius 1 is 1.07 bits per heavy atom. The molecule has 0 saturated carbocycles. The highest BCUT2D eigenvalue weighted by Gasteiger charge is 2.27. The summed E-state index contributed by atoms with van der Waals surface area (Å²) in [7, 11) is 3.48. The quantitative estimate of drug-likeness (QED) is 0.585. The first-order chi connectivity index (χ1) is 12.8. The van der Waals surface area contributed by atoms with Crippen LogP contribution in [0.2, 0.25) is 0 Å². The molecule has 0 spiro atoms. The fourth-order valence-electron chi connectivity index (χ4n) is 2.31. The number of nitrogens with zero attached hydrogens (tertiary/aromatic N) is 5. The average Bonchev–Trinajstić information content (AvgIpc) is 2.88. The molecular formula is C14H20BrN7O5S. The van der Waals surface area contributed by atoms with Crippen molar-refractivity contribution in [3.05, 3.63) is 30.9 Å². The molecule has 0 saturated heterocycles. The van der Waals surface area contributed by atoms with E-state index < -0.39 is 27.0 Å². The van der Waals surface area contributed by atoms with Crippen LogP contribution < -0.4 is 21.2 Å². The Labute approximate surface area is 168 Å². The van der Waals surface area contributed by atoms with Crippen LogP contribution in [0.5, 0.6) is 0 Å². The van der Waals surface area contributed by atoms with E-state index >= 15 is 0 Å². The number of carbonyl (C=O) groups excluding carboxylic acids is 1. The van der Waals surface area contributed by atoms with Crippen LogP contribution in [-0.4, -0.2) is 58.7 Å². The Morgan fingerprint density at radius 2 is 1.61 bits per heavy atom. The van der Waals surface area contributed by atoms with Gasteiger partial charge in [0.1, 0.15) is 15.8 Å². The van der Waals surface area contributed by atoms with Gasteiger partial charge in [-0.05, 0) is 15.9 Å². The predicted octanol–water partition coefficient (Wildman–Crippen LogP) is -0.603. The van der Waals surface area contributed by atoms with E-state index in [1.54, 1.807) is 0 Å². The fourth-order valence-corrected chi connectivity index (χ4v) is 3.40. The molecule has 1 amide bonds. The van der Waals surface area contributed by atoms with Gasteiger partial charge in [-0.3, -0.25) is 19.1 Å². The molecular weight excluding hydrogens is 458 g/mol. The number of halogens is 1.